The van der Waals surface area contributed by atoms with Gasteiger partial charge >= 0.3 is 0 Å². The maximum Gasteiger partial charge on any atom is 0.148 e. The third-order valence-corrected chi connectivity index (χ3v) is 3.16. The predicted octanol–water partition coefficient (Wildman–Crippen LogP) is 3.63. The number of terminal acetylenes is 1. The van der Waals surface area contributed by atoms with Gasteiger partial charge in [0.2, 0.25) is 0 Å². The highest BCUT2D eigenvalue weighted by Gasteiger charge is 2.04. The number of anilines is 1. The van der Waals surface area contributed by atoms with Gasteiger partial charge in [0.05, 0.1) is 7.11 Å². The van der Waals surface area contributed by atoms with Crippen LogP contribution in [0.25, 0.3) is 0 Å². The Morgan fingerprint density at radius 1 is 1.14 bits per heavy atom. The van der Waals surface area contributed by atoms with Gasteiger partial charge in [-0.2, -0.15) is 0 Å². The van der Waals surface area contributed by atoms with Crippen molar-refractivity contribution < 1.29 is 9.47 Å². The zero-order valence-electron chi connectivity index (χ0n) is 12.3. The van der Waals surface area contributed by atoms with Crippen LogP contribution in [0.1, 0.15) is 11.1 Å². The minimum Gasteiger partial charge on any atom is -0.496 e. The summed E-state index contributed by atoms with van der Waals surface area (Å²) in [6.07, 6.45) is 5.23. The molecule has 0 aliphatic rings. The van der Waals surface area contributed by atoms with E-state index in [0.29, 0.717) is 6.54 Å². The smallest absolute Gasteiger partial charge is 0.148 e. The summed E-state index contributed by atoms with van der Waals surface area (Å²) in [7, 11) is 1.68. The number of aryl methyl sites for hydroxylation is 1. The molecule has 0 bridgehead atoms. The monoisotopic (exact) mass is 281 g/mol. The maximum absolute atomic E-state index is 5.54. The fourth-order valence-electron chi connectivity index (χ4n) is 2.10. The zero-order chi connectivity index (χ0) is 15.1. The summed E-state index contributed by atoms with van der Waals surface area (Å²) >= 11 is 0. The van der Waals surface area contributed by atoms with Gasteiger partial charge < -0.3 is 14.8 Å². The molecule has 0 aromatic heterocycles. The van der Waals surface area contributed by atoms with Crippen molar-refractivity contribution in [3.05, 3.63) is 53.6 Å². The van der Waals surface area contributed by atoms with Crippen LogP contribution in [0.15, 0.2) is 42.5 Å². The third kappa shape index (κ3) is 3.93. The molecule has 0 aliphatic heterocycles. The largest absolute Gasteiger partial charge is 0.496 e. The van der Waals surface area contributed by atoms with E-state index in [1.807, 2.05) is 43.3 Å². The summed E-state index contributed by atoms with van der Waals surface area (Å²) in [5.41, 5.74) is 3.21. The summed E-state index contributed by atoms with van der Waals surface area (Å²) in [4.78, 5) is 0. The molecule has 0 radical (unpaired) electrons. The molecule has 3 nitrogen and oxygen atoms in total. The third-order valence-electron chi connectivity index (χ3n) is 3.16. The highest BCUT2D eigenvalue weighted by atomic mass is 16.5. The van der Waals surface area contributed by atoms with Crippen molar-refractivity contribution in [2.24, 2.45) is 0 Å². The lowest BCUT2D eigenvalue weighted by atomic mass is 10.1. The van der Waals surface area contributed by atoms with E-state index < -0.39 is 0 Å². The highest BCUT2D eigenvalue weighted by molar-refractivity contribution is 5.51. The fourth-order valence-corrected chi connectivity index (χ4v) is 2.10. The van der Waals surface area contributed by atoms with E-state index in [-0.39, 0.29) is 6.61 Å². The molecule has 3 heteroatoms. The molecule has 0 aliphatic carbocycles. The molecule has 0 saturated heterocycles. The Kier molecular flexibility index (Phi) is 5.11. The average Bonchev–Trinajstić information content (AvgIpc) is 2.52. The predicted molar refractivity (Wildman–Crippen MR) is 85.8 cm³/mol. The molecular weight excluding hydrogens is 262 g/mol. The molecule has 0 atom stereocenters. The van der Waals surface area contributed by atoms with Gasteiger partial charge in [0.1, 0.15) is 18.1 Å². The van der Waals surface area contributed by atoms with Crippen LogP contribution in [0, 0.1) is 19.3 Å². The van der Waals surface area contributed by atoms with Gasteiger partial charge in [0, 0.05) is 17.8 Å². The Morgan fingerprint density at radius 2 is 1.95 bits per heavy atom. The standard InChI is InChI=1S/C18H19NO2/c1-4-11-21-18-8-6-5-7-15(18)13-19-16-9-10-17(20-3)14(2)12-16/h1,5-10,12,19H,11,13H2,2-3H3. The Bertz CT molecular complexity index is 644. The van der Waals surface area contributed by atoms with Crippen LogP contribution in [-0.2, 0) is 6.54 Å². The number of para-hydroxylation sites is 1. The molecule has 0 saturated carbocycles. The summed E-state index contributed by atoms with van der Waals surface area (Å²) in [5, 5.41) is 3.38. The van der Waals surface area contributed by atoms with Gasteiger partial charge in [-0.25, -0.2) is 0 Å². The minimum absolute atomic E-state index is 0.276. The number of methoxy groups -OCH3 is 1. The van der Waals surface area contributed by atoms with Crippen LogP contribution in [0.2, 0.25) is 0 Å². The zero-order valence-corrected chi connectivity index (χ0v) is 12.3. The molecule has 0 heterocycles. The Hall–Kier alpha value is -2.60. The normalized spacial score (nSPS) is 9.76. The van der Waals surface area contributed by atoms with Crippen LogP contribution < -0.4 is 14.8 Å². The first-order chi connectivity index (χ1) is 10.2. The van der Waals surface area contributed by atoms with Crippen LogP contribution in [0.3, 0.4) is 0 Å². The molecule has 0 amide bonds. The molecule has 2 rings (SSSR count). The van der Waals surface area contributed by atoms with Crippen molar-refractivity contribution in [3.63, 3.8) is 0 Å². The van der Waals surface area contributed by atoms with Crippen molar-refractivity contribution in [3.8, 4) is 23.8 Å². The summed E-state index contributed by atoms with van der Waals surface area (Å²) in [6, 6.07) is 13.9. The van der Waals surface area contributed by atoms with Crippen LogP contribution in [0.4, 0.5) is 5.69 Å². The van der Waals surface area contributed by atoms with Gasteiger partial charge in [-0.3, -0.25) is 0 Å². The molecule has 0 fully saturated rings. The number of benzene rings is 2. The quantitative estimate of drug-likeness (QED) is 0.820. The van der Waals surface area contributed by atoms with Crippen LogP contribution in [-0.4, -0.2) is 13.7 Å². The highest BCUT2D eigenvalue weighted by Crippen LogP contribution is 2.23. The van der Waals surface area contributed by atoms with E-state index in [1.165, 1.54) is 0 Å². The van der Waals surface area contributed by atoms with E-state index in [2.05, 4.69) is 17.3 Å². The number of hydrogen-bond donors (Lipinski definition) is 1. The van der Waals surface area contributed by atoms with Crippen molar-refractivity contribution in [2.45, 2.75) is 13.5 Å². The lowest BCUT2D eigenvalue weighted by Crippen LogP contribution is -2.03. The second kappa shape index (κ2) is 7.25. The van der Waals surface area contributed by atoms with Crippen molar-refractivity contribution in [1.29, 1.82) is 0 Å². The summed E-state index contributed by atoms with van der Waals surface area (Å²) in [5.74, 6) is 4.18. The van der Waals surface area contributed by atoms with E-state index in [1.54, 1.807) is 7.11 Å². The van der Waals surface area contributed by atoms with Gasteiger partial charge in [0.25, 0.3) is 0 Å². The first kappa shape index (κ1) is 14.8. The van der Waals surface area contributed by atoms with Crippen molar-refractivity contribution >= 4 is 5.69 Å². The lowest BCUT2D eigenvalue weighted by molar-refractivity contribution is 0.366. The molecule has 1 N–H and O–H groups in total. The molecule has 2 aromatic carbocycles. The molecule has 0 spiro atoms. The lowest BCUT2D eigenvalue weighted by Gasteiger charge is -2.12. The van der Waals surface area contributed by atoms with Gasteiger partial charge in [-0.1, -0.05) is 24.1 Å². The summed E-state index contributed by atoms with van der Waals surface area (Å²) < 4.78 is 10.8. The fraction of sp³-hybridized carbons (Fsp3) is 0.222. The van der Waals surface area contributed by atoms with E-state index in [4.69, 9.17) is 15.9 Å². The second-order valence-corrected chi connectivity index (χ2v) is 4.64. The van der Waals surface area contributed by atoms with E-state index >= 15 is 0 Å². The minimum atomic E-state index is 0.276. The second-order valence-electron chi connectivity index (χ2n) is 4.64. The van der Waals surface area contributed by atoms with E-state index in [0.717, 1.165) is 28.3 Å². The number of rotatable bonds is 6. The SMILES string of the molecule is C#CCOc1ccccc1CNc1ccc(OC)c(C)c1. The van der Waals surface area contributed by atoms with E-state index in [9.17, 15) is 0 Å². The van der Waals surface area contributed by atoms with Gasteiger partial charge in [-0.15, -0.1) is 6.42 Å². The molecule has 21 heavy (non-hydrogen) atoms. The Morgan fingerprint density at radius 3 is 2.67 bits per heavy atom. The maximum atomic E-state index is 5.54. The van der Waals surface area contributed by atoms with Crippen LogP contribution in [0.5, 0.6) is 11.5 Å². The first-order valence-electron chi connectivity index (χ1n) is 6.77. The number of ether oxygens (including phenoxy) is 2. The summed E-state index contributed by atoms with van der Waals surface area (Å²) in [6.45, 7) is 2.97. The molecule has 0 unspecified atom stereocenters. The topological polar surface area (TPSA) is 30.5 Å². The molecule has 2 aromatic rings. The molecule has 108 valence electrons. The first-order valence-corrected chi connectivity index (χ1v) is 6.77. The molecular formula is C18H19NO2. The van der Waals surface area contributed by atoms with Gasteiger partial charge in [0.15, 0.2) is 0 Å². The Labute approximate surface area is 125 Å². The average molecular weight is 281 g/mol. The Balaban J connectivity index is 2.06. The van der Waals surface area contributed by atoms with Crippen molar-refractivity contribution in [1.82, 2.24) is 0 Å². The number of hydrogen-bond acceptors (Lipinski definition) is 3. The van der Waals surface area contributed by atoms with Gasteiger partial charge in [-0.05, 0) is 36.8 Å². The van der Waals surface area contributed by atoms with Crippen molar-refractivity contribution in [2.75, 3.05) is 19.0 Å². The number of nitrogens with one attached hydrogen (secondary N) is 1. The van der Waals surface area contributed by atoms with Crippen LogP contribution >= 0.6 is 0 Å².